The van der Waals surface area contributed by atoms with Crippen LogP contribution >= 0.6 is 11.3 Å². The molecule has 1 saturated heterocycles. The molecule has 2 aromatic heterocycles. The van der Waals surface area contributed by atoms with Gasteiger partial charge >= 0.3 is 0 Å². The zero-order valence-electron chi connectivity index (χ0n) is 21.3. The molecule has 1 N–H and O–H groups in total. The number of hydrogen-bond acceptors (Lipinski definition) is 5. The molecule has 0 unspecified atom stereocenters. The highest BCUT2D eigenvalue weighted by molar-refractivity contribution is 7.21. The predicted molar refractivity (Wildman–Crippen MR) is 144 cm³/mol. The highest BCUT2D eigenvalue weighted by atomic mass is 32.1. The number of nitrogens with zero attached hydrogens (tertiary/aromatic N) is 1. The maximum absolute atomic E-state index is 13.8. The van der Waals surface area contributed by atoms with E-state index < -0.39 is 0 Å². The summed E-state index contributed by atoms with van der Waals surface area (Å²) in [5, 5.41) is 3.60. The van der Waals surface area contributed by atoms with Gasteiger partial charge in [-0.3, -0.25) is 9.59 Å². The third kappa shape index (κ3) is 5.17. The van der Waals surface area contributed by atoms with Gasteiger partial charge in [-0.1, -0.05) is 6.07 Å². The standard InChI is InChI=1S/C29H29FN2O4S/c1-16-9-19(13-22(10-16)36-26-17(2)11-20(30)12-18(26)3)24-15-32(4)29(34)23-14-25(37-27(23)24)28(33)31-21-5-7-35-8-6-21/h9-15,21H,5-8H2,1-4H3,(H,31,33). The molecular weight excluding hydrogens is 491 g/mol. The first-order valence-corrected chi connectivity index (χ1v) is 13.1. The minimum atomic E-state index is -0.297. The van der Waals surface area contributed by atoms with Gasteiger partial charge in [-0.2, -0.15) is 0 Å². The summed E-state index contributed by atoms with van der Waals surface area (Å²) >= 11 is 1.32. The molecule has 8 heteroatoms. The number of pyridine rings is 1. The fraction of sp³-hybridized carbons (Fsp3) is 0.310. The number of aromatic nitrogens is 1. The Morgan fingerprint density at radius 2 is 1.78 bits per heavy atom. The van der Waals surface area contributed by atoms with E-state index in [2.05, 4.69) is 5.32 Å². The Kier molecular flexibility index (Phi) is 6.88. The summed E-state index contributed by atoms with van der Waals surface area (Å²) in [6, 6.07) is 10.5. The van der Waals surface area contributed by atoms with Gasteiger partial charge in [0, 0.05) is 42.8 Å². The fourth-order valence-electron chi connectivity index (χ4n) is 4.81. The number of halogens is 1. The number of benzene rings is 2. The van der Waals surface area contributed by atoms with Gasteiger partial charge in [0.15, 0.2) is 0 Å². The van der Waals surface area contributed by atoms with Crippen molar-refractivity contribution >= 4 is 27.3 Å². The Labute approximate surface area is 218 Å². The normalized spacial score (nSPS) is 14.2. The van der Waals surface area contributed by atoms with Crippen molar-refractivity contribution in [2.24, 2.45) is 7.05 Å². The van der Waals surface area contributed by atoms with Crippen molar-refractivity contribution in [3.8, 4) is 22.6 Å². The van der Waals surface area contributed by atoms with Crippen molar-refractivity contribution in [1.29, 1.82) is 0 Å². The number of nitrogens with one attached hydrogen (secondary N) is 1. The largest absolute Gasteiger partial charge is 0.457 e. The molecule has 0 bridgehead atoms. The fourth-order valence-corrected chi connectivity index (χ4v) is 5.89. The summed E-state index contributed by atoms with van der Waals surface area (Å²) in [5.41, 5.74) is 3.95. The molecule has 192 valence electrons. The third-order valence-corrected chi connectivity index (χ3v) is 7.80. The average molecular weight is 521 g/mol. The van der Waals surface area contributed by atoms with Gasteiger partial charge < -0.3 is 19.4 Å². The Morgan fingerprint density at radius 3 is 2.49 bits per heavy atom. The first-order valence-electron chi connectivity index (χ1n) is 12.3. The maximum atomic E-state index is 13.8. The summed E-state index contributed by atoms with van der Waals surface area (Å²) in [6.07, 6.45) is 3.36. The van der Waals surface area contributed by atoms with Crippen LogP contribution in [0.3, 0.4) is 0 Å². The predicted octanol–water partition coefficient (Wildman–Crippen LogP) is 6.03. The molecule has 0 aliphatic carbocycles. The topological polar surface area (TPSA) is 69.6 Å². The van der Waals surface area contributed by atoms with Crippen LogP contribution in [0.5, 0.6) is 11.5 Å². The minimum absolute atomic E-state index is 0.0728. The number of carbonyl (C=O) groups is 1. The molecule has 4 aromatic rings. The van der Waals surface area contributed by atoms with Crippen LogP contribution < -0.4 is 15.6 Å². The first-order chi connectivity index (χ1) is 17.7. The lowest BCUT2D eigenvalue weighted by atomic mass is 10.0. The van der Waals surface area contributed by atoms with Crippen LogP contribution in [0.4, 0.5) is 4.39 Å². The molecule has 0 spiro atoms. The zero-order valence-corrected chi connectivity index (χ0v) is 22.1. The van der Waals surface area contributed by atoms with Crippen molar-refractivity contribution in [1.82, 2.24) is 9.88 Å². The zero-order chi connectivity index (χ0) is 26.3. The van der Waals surface area contributed by atoms with Crippen LogP contribution in [-0.2, 0) is 11.8 Å². The van der Waals surface area contributed by atoms with Crippen LogP contribution in [0.15, 0.2) is 47.4 Å². The van der Waals surface area contributed by atoms with Gasteiger partial charge in [0.1, 0.15) is 17.3 Å². The van der Waals surface area contributed by atoms with Gasteiger partial charge in [0.2, 0.25) is 0 Å². The summed E-state index contributed by atoms with van der Waals surface area (Å²) in [5.74, 6) is 0.765. The first kappa shape index (κ1) is 25.2. The van der Waals surface area contributed by atoms with E-state index in [1.54, 1.807) is 23.9 Å². The quantitative estimate of drug-likeness (QED) is 0.349. The number of ether oxygens (including phenoxy) is 2. The summed E-state index contributed by atoms with van der Waals surface area (Å²) in [7, 11) is 1.71. The number of aryl methyl sites for hydroxylation is 4. The number of thiophene rings is 1. The molecule has 3 heterocycles. The number of fused-ring (bicyclic) bond motifs is 1. The molecule has 0 saturated carbocycles. The van der Waals surface area contributed by atoms with Gasteiger partial charge in [0.25, 0.3) is 11.5 Å². The molecular formula is C29H29FN2O4S. The molecule has 0 atom stereocenters. The van der Waals surface area contributed by atoms with Crippen molar-refractivity contribution < 1.29 is 18.7 Å². The number of hydrogen-bond donors (Lipinski definition) is 1. The highest BCUT2D eigenvalue weighted by Gasteiger charge is 2.21. The van der Waals surface area contributed by atoms with E-state index in [0.29, 0.717) is 46.1 Å². The van der Waals surface area contributed by atoms with E-state index in [1.165, 1.54) is 23.5 Å². The molecule has 1 aliphatic heterocycles. The molecule has 5 rings (SSSR count). The lowest BCUT2D eigenvalue weighted by molar-refractivity contribution is 0.0698. The van der Waals surface area contributed by atoms with E-state index in [1.807, 2.05) is 39.0 Å². The molecule has 6 nitrogen and oxygen atoms in total. The summed E-state index contributed by atoms with van der Waals surface area (Å²) in [4.78, 5) is 26.5. The lowest BCUT2D eigenvalue weighted by Gasteiger charge is -2.22. The summed E-state index contributed by atoms with van der Waals surface area (Å²) in [6.45, 7) is 6.88. The second-order valence-electron chi connectivity index (χ2n) is 9.68. The summed E-state index contributed by atoms with van der Waals surface area (Å²) < 4.78 is 27.7. The lowest BCUT2D eigenvalue weighted by Crippen LogP contribution is -2.38. The molecule has 2 aromatic carbocycles. The maximum Gasteiger partial charge on any atom is 0.261 e. The monoisotopic (exact) mass is 520 g/mol. The van der Waals surface area contributed by atoms with E-state index in [9.17, 15) is 14.0 Å². The van der Waals surface area contributed by atoms with E-state index in [-0.39, 0.29) is 23.3 Å². The average Bonchev–Trinajstić information content (AvgIpc) is 3.30. The second-order valence-corrected chi connectivity index (χ2v) is 10.7. The van der Waals surface area contributed by atoms with E-state index in [0.717, 1.165) is 34.2 Å². The van der Waals surface area contributed by atoms with Gasteiger partial charge in [-0.15, -0.1) is 11.3 Å². The number of carbonyl (C=O) groups excluding carboxylic acids is 1. The van der Waals surface area contributed by atoms with Crippen LogP contribution in [0, 0.1) is 26.6 Å². The Hall–Kier alpha value is -3.49. The number of rotatable bonds is 5. The van der Waals surface area contributed by atoms with Crippen molar-refractivity contribution in [3.05, 3.63) is 80.3 Å². The van der Waals surface area contributed by atoms with Crippen LogP contribution in [0.2, 0.25) is 0 Å². The molecule has 0 radical (unpaired) electrons. The van der Waals surface area contributed by atoms with Gasteiger partial charge in [-0.05, 0) is 86.2 Å². The van der Waals surface area contributed by atoms with Gasteiger partial charge in [-0.25, -0.2) is 4.39 Å². The van der Waals surface area contributed by atoms with Crippen LogP contribution in [0.1, 0.15) is 39.2 Å². The second kappa shape index (κ2) is 10.1. The molecule has 1 amide bonds. The van der Waals surface area contributed by atoms with Crippen LogP contribution in [-0.4, -0.2) is 29.7 Å². The Morgan fingerprint density at radius 1 is 1.08 bits per heavy atom. The Balaban J connectivity index is 1.55. The van der Waals surface area contributed by atoms with Gasteiger partial charge in [0.05, 0.1) is 10.3 Å². The molecule has 1 aliphatic rings. The van der Waals surface area contributed by atoms with Crippen molar-refractivity contribution in [3.63, 3.8) is 0 Å². The van der Waals surface area contributed by atoms with Crippen LogP contribution in [0.25, 0.3) is 21.2 Å². The van der Waals surface area contributed by atoms with Crippen molar-refractivity contribution in [2.45, 2.75) is 39.7 Å². The van der Waals surface area contributed by atoms with E-state index >= 15 is 0 Å². The van der Waals surface area contributed by atoms with Crippen molar-refractivity contribution in [2.75, 3.05) is 13.2 Å². The highest BCUT2D eigenvalue weighted by Crippen LogP contribution is 2.37. The molecule has 1 fully saturated rings. The third-order valence-electron chi connectivity index (χ3n) is 6.64. The smallest absolute Gasteiger partial charge is 0.261 e. The number of amides is 1. The Bertz CT molecular complexity index is 1540. The minimum Gasteiger partial charge on any atom is -0.457 e. The molecule has 37 heavy (non-hydrogen) atoms. The van der Waals surface area contributed by atoms with E-state index in [4.69, 9.17) is 9.47 Å². The SMILES string of the molecule is Cc1cc(Oc2c(C)cc(F)cc2C)cc(-c2cn(C)c(=O)c3cc(C(=O)NC4CCOCC4)sc23)c1.